The summed E-state index contributed by atoms with van der Waals surface area (Å²) in [6, 6.07) is 5.89. The summed E-state index contributed by atoms with van der Waals surface area (Å²) in [6.07, 6.45) is 1.74. The summed E-state index contributed by atoms with van der Waals surface area (Å²) in [5.74, 6) is 0.780. The number of nitrogens with one attached hydrogen (secondary N) is 2. The SMILES string of the molecule is COc1ccc2c(c1)CC1(CCN(C(=O)OC(C)(C)C)CC1)c1c-2[nH]c(=S)[nH]c1=O. The Morgan fingerprint density at radius 2 is 1.90 bits per heavy atom. The molecule has 2 aromatic rings. The first kappa shape index (κ1) is 20.7. The molecule has 8 heteroatoms. The van der Waals surface area contributed by atoms with Crippen LogP contribution in [0.15, 0.2) is 23.0 Å². The standard InChI is InChI=1S/C22H27N3O4S/c1-21(2,3)29-20(27)25-9-7-22(8-10-25)12-13-11-14(28-4)5-6-15(13)17-16(22)18(26)24-19(30)23-17/h5-6,11H,7-10,12H2,1-4H3,(H2,23,24,26,30). The molecule has 0 saturated carbocycles. The average molecular weight is 430 g/mol. The first-order valence-electron chi connectivity index (χ1n) is 10.1. The van der Waals surface area contributed by atoms with Crippen molar-refractivity contribution in [2.24, 2.45) is 0 Å². The molecular weight excluding hydrogens is 402 g/mol. The number of hydrogen-bond donors (Lipinski definition) is 2. The summed E-state index contributed by atoms with van der Waals surface area (Å²) < 4.78 is 11.3. The number of hydrogen-bond acceptors (Lipinski definition) is 5. The van der Waals surface area contributed by atoms with Crippen LogP contribution < -0.4 is 10.3 Å². The van der Waals surface area contributed by atoms with Gasteiger partial charge in [-0.1, -0.05) is 0 Å². The Balaban J connectivity index is 1.73. The van der Waals surface area contributed by atoms with Gasteiger partial charge in [-0.3, -0.25) is 9.78 Å². The maximum atomic E-state index is 13.0. The summed E-state index contributed by atoms with van der Waals surface area (Å²) in [7, 11) is 1.64. The highest BCUT2D eigenvalue weighted by molar-refractivity contribution is 7.71. The van der Waals surface area contributed by atoms with Gasteiger partial charge in [0, 0.05) is 29.6 Å². The number of aromatic nitrogens is 2. The van der Waals surface area contributed by atoms with E-state index in [0.717, 1.165) is 28.1 Å². The molecule has 30 heavy (non-hydrogen) atoms. The van der Waals surface area contributed by atoms with Gasteiger partial charge in [0.15, 0.2) is 4.77 Å². The molecule has 1 aromatic carbocycles. The van der Waals surface area contributed by atoms with Crippen LogP contribution in [0.5, 0.6) is 5.75 Å². The lowest BCUT2D eigenvalue weighted by molar-refractivity contribution is 0.0162. The van der Waals surface area contributed by atoms with Crippen LogP contribution in [0.2, 0.25) is 0 Å². The number of rotatable bonds is 1. The molecule has 1 amide bonds. The van der Waals surface area contributed by atoms with Crippen LogP contribution in [0.3, 0.4) is 0 Å². The molecule has 0 bridgehead atoms. The van der Waals surface area contributed by atoms with Gasteiger partial charge < -0.3 is 19.4 Å². The van der Waals surface area contributed by atoms with Crippen LogP contribution in [0, 0.1) is 4.77 Å². The summed E-state index contributed by atoms with van der Waals surface area (Å²) >= 11 is 5.25. The van der Waals surface area contributed by atoms with Crippen LogP contribution in [-0.2, 0) is 16.6 Å². The molecule has 1 aromatic heterocycles. The van der Waals surface area contributed by atoms with Crippen LogP contribution in [0.25, 0.3) is 11.3 Å². The van der Waals surface area contributed by atoms with Gasteiger partial charge in [-0.15, -0.1) is 0 Å². The van der Waals surface area contributed by atoms with E-state index >= 15 is 0 Å². The van der Waals surface area contributed by atoms with E-state index in [2.05, 4.69) is 9.97 Å². The van der Waals surface area contributed by atoms with Crippen LogP contribution >= 0.6 is 12.2 Å². The average Bonchev–Trinajstić information content (AvgIpc) is 2.66. The van der Waals surface area contributed by atoms with Gasteiger partial charge in [0.2, 0.25) is 0 Å². The lowest BCUT2D eigenvalue weighted by atomic mass is 9.64. The van der Waals surface area contributed by atoms with Crippen LogP contribution in [0.4, 0.5) is 4.79 Å². The van der Waals surface area contributed by atoms with Gasteiger partial charge in [-0.2, -0.15) is 0 Å². The Labute approximate surface area is 180 Å². The van der Waals surface area contributed by atoms with Crippen molar-refractivity contribution >= 4 is 18.3 Å². The highest BCUT2D eigenvalue weighted by atomic mass is 32.1. The number of piperidine rings is 1. The fourth-order valence-electron chi connectivity index (χ4n) is 4.61. The predicted octanol–water partition coefficient (Wildman–Crippen LogP) is 3.93. The first-order chi connectivity index (χ1) is 14.1. The van der Waals surface area contributed by atoms with E-state index in [1.807, 2.05) is 39.0 Å². The van der Waals surface area contributed by atoms with E-state index < -0.39 is 5.60 Å². The number of carbonyl (C=O) groups excluding carboxylic acids is 1. The third-order valence-electron chi connectivity index (χ3n) is 5.96. The van der Waals surface area contributed by atoms with Crippen molar-refractivity contribution < 1.29 is 14.3 Å². The summed E-state index contributed by atoms with van der Waals surface area (Å²) in [6.45, 7) is 6.64. The molecule has 4 rings (SSSR count). The zero-order valence-corrected chi connectivity index (χ0v) is 18.6. The van der Waals surface area contributed by atoms with Gasteiger partial charge in [-0.05, 0) is 76.0 Å². The number of nitrogens with zero attached hydrogens (tertiary/aromatic N) is 1. The topological polar surface area (TPSA) is 87.4 Å². The van der Waals surface area contributed by atoms with E-state index in [9.17, 15) is 9.59 Å². The quantitative estimate of drug-likeness (QED) is 0.671. The molecule has 1 spiro atoms. The first-order valence-corrected chi connectivity index (χ1v) is 10.5. The second kappa shape index (κ2) is 7.27. The molecule has 2 heterocycles. The molecule has 1 saturated heterocycles. The third-order valence-corrected chi connectivity index (χ3v) is 6.16. The highest BCUT2D eigenvalue weighted by Crippen LogP contribution is 2.47. The zero-order valence-electron chi connectivity index (χ0n) is 17.8. The number of carbonyl (C=O) groups is 1. The van der Waals surface area contributed by atoms with Crippen molar-refractivity contribution in [3.8, 4) is 17.0 Å². The lowest BCUT2D eigenvalue weighted by Crippen LogP contribution is -2.50. The monoisotopic (exact) mass is 429 g/mol. The van der Waals surface area contributed by atoms with Crippen molar-refractivity contribution in [2.75, 3.05) is 20.2 Å². The predicted molar refractivity (Wildman–Crippen MR) is 117 cm³/mol. The van der Waals surface area contributed by atoms with E-state index in [4.69, 9.17) is 21.7 Å². The molecule has 0 atom stereocenters. The van der Waals surface area contributed by atoms with Gasteiger partial charge >= 0.3 is 6.09 Å². The normalized spacial score (nSPS) is 17.3. The molecular formula is C22H27N3O4S. The van der Waals surface area contributed by atoms with E-state index in [0.29, 0.717) is 37.1 Å². The fraction of sp³-hybridized carbons (Fsp3) is 0.500. The Kier molecular flexibility index (Phi) is 5.00. The Bertz CT molecular complexity index is 1100. The number of H-pyrrole nitrogens is 2. The maximum absolute atomic E-state index is 13.0. The number of aromatic amines is 2. The van der Waals surface area contributed by atoms with Crippen LogP contribution in [-0.4, -0.2) is 46.8 Å². The van der Waals surface area contributed by atoms with Crippen LogP contribution in [0.1, 0.15) is 44.7 Å². The van der Waals surface area contributed by atoms with Gasteiger partial charge in [0.05, 0.1) is 12.8 Å². The lowest BCUT2D eigenvalue weighted by Gasteiger charge is -2.45. The third kappa shape index (κ3) is 3.64. The summed E-state index contributed by atoms with van der Waals surface area (Å²) in [5.41, 5.74) is 2.54. The Hall–Kier alpha value is -2.61. The minimum Gasteiger partial charge on any atom is -0.497 e. The van der Waals surface area contributed by atoms with E-state index in [-0.39, 0.29) is 17.1 Å². The molecule has 1 aliphatic carbocycles. The Morgan fingerprint density at radius 3 is 2.53 bits per heavy atom. The largest absolute Gasteiger partial charge is 0.497 e. The number of benzene rings is 1. The smallest absolute Gasteiger partial charge is 0.410 e. The van der Waals surface area contributed by atoms with Gasteiger partial charge in [0.1, 0.15) is 11.4 Å². The summed E-state index contributed by atoms with van der Waals surface area (Å²) in [4.78, 5) is 33.3. The number of fused-ring (bicyclic) bond motifs is 4. The number of methoxy groups -OCH3 is 1. The number of likely N-dealkylation sites (tertiary alicyclic amines) is 1. The molecule has 7 nitrogen and oxygen atoms in total. The van der Waals surface area contributed by atoms with Crippen molar-refractivity contribution in [1.29, 1.82) is 0 Å². The summed E-state index contributed by atoms with van der Waals surface area (Å²) in [5, 5.41) is 0. The zero-order chi connectivity index (χ0) is 21.7. The van der Waals surface area contributed by atoms with E-state index in [1.165, 1.54) is 0 Å². The maximum Gasteiger partial charge on any atom is 0.410 e. The minimum atomic E-state index is -0.537. The molecule has 1 fully saturated rings. The van der Waals surface area contributed by atoms with Gasteiger partial charge in [-0.25, -0.2) is 4.79 Å². The van der Waals surface area contributed by atoms with Crippen molar-refractivity contribution in [3.63, 3.8) is 0 Å². The Morgan fingerprint density at radius 1 is 1.20 bits per heavy atom. The van der Waals surface area contributed by atoms with Gasteiger partial charge in [0.25, 0.3) is 5.56 Å². The van der Waals surface area contributed by atoms with Crippen molar-refractivity contribution in [1.82, 2.24) is 14.9 Å². The molecule has 0 radical (unpaired) electrons. The molecule has 2 N–H and O–H groups in total. The number of amides is 1. The van der Waals surface area contributed by atoms with E-state index in [1.54, 1.807) is 12.0 Å². The van der Waals surface area contributed by atoms with Crippen molar-refractivity contribution in [2.45, 2.75) is 51.0 Å². The molecule has 0 unspecified atom stereocenters. The molecule has 160 valence electrons. The molecule has 2 aliphatic rings. The highest BCUT2D eigenvalue weighted by Gasteiger charge is 2.45. The second-order valence-electron chi connectivity index (χ2n) is 9.11. The fourth-order valence-corrected chi connectivity index (χ4v) is 4.80. The minimum absolute atomic E-state index is 0.152. The number of ether oxygens (including phenoxy) is 2. The second-order valence-corrected chi connectivity index (χ2v) is 9.51. The molecule has 1 aliphatic heterocycles. The van der Waals surface area contributed by atoms with Crippen molar-refractivity contribution in [3.05, 3.63) is 44.5 Å².